The van der Waals surface area contributed by atoms with Gasteiger partial charge in [-0.1, -0.05) is 12.1 Å². The quantitative estimate of drug-likeness (QED) is 0.466. The first kappa shape index (κ1) is 26.1. The number of oxazole rings is 1. The second-order valence-corrected chi connectivity index (χ2v) is 14.2. The molecule has 3 saturated carbocycles. The van der Waals surface area contributed by atoms with Crippen LogP contribution in [0.3, 0.4) is 0 Å². The first-order chi connectivity index (χ1) is 19.7. The van der Waals surface area contributed by atoms with Gasteiger partial charge in [-0.05, 0) is 68.2 Å². The Hall–Kier alpha value is -3.78. The molecule has 4 fully saturated rings. The summed E-state index contributed by atoms with van der Waals surface area (Å²) in [6, 6.07) is 12.9. The summed E-state index contributed by atoms with van der Waals surface area (Å²) in [6.45, 7) is 0.895. The Labute approximate surface area is 237 Å². The Morgan fingerprint density at radius 1 is 1.07 bits per heavy atom. The Balaban J connectivity index is 1.24. The molecule has 1 saturated heterocycles. The number of nitrogens with one attached hydrogen (secondary N) is 1. The molecular formula is C30H30FN5O4S. The van der Waals surface area contributed by atoms with Gasteiger partial charge in [0.15, 0.2) is 9.84 Å². The molecule has 4 unspecified atom stereocenters. The van der Waals surface area contributed by atoms with Gasteiger partial charge in [-0.15, -0.1) is 0 Å². The first-order valence-electron chi connectivity index (χ1n) is 14.1. The molecule has 7 rings (SSSR count). The van der Waals surface area contributed by atoms with Crippen molar-refractivity contribution >= 4 is 21.4 Å². The largest absolute Gasteiger partial charge is 0.439 e. The molecule has 3 aromatic rings. The van der Waals surface area contributed by atoms with Crippen LogP contribution in [0.2, 0.25) is 0 Å². The highest BCUT2D eigenvalue weighted by Gasteiger charge is 2.53. The van der Waals surface area contributed by atoms with Gasteiger partial charge in [0.1, 0.15) is 28.5 Å². The lowest BCUT2D eigenvalue weighted by Gasteiger charge is -2.30. The van der Waals surface area contributed by atoms with E-state index in [4.69, 9.17) is 9.40 Å². The number of aromatic nitrogens is 2. The normalized spacial score (nSPS) is 27.4. The topological polar surface area (TPSA) is 129 Å². The van der Waals surface area contributed by atoms with Gasteiger partial charge in [0.2, 0.25) is 11.8 Å². The molecule has 1 aromatic carbocycles. The van der Waals surface area contributed by atoms with Gasteiger partial charge in [-0.2, -0.15) is 5.26 Å². The van der Waals surface area contributed by atoms with Crippen LogP contribution in [-0.4, -0.2) is 54.4 Å². The van der Waals surface area contributed by atoms with Crippen LogP contribution in [-0.2, 0) is 14.6 Å². The van der Waals surface area contributed by atoms with Gasteiger partial charge in [-0.25, -0.2) is 22.8 Å². The molecule has 1 amide bonds. The van der Waals surface area contributed by atoms with Crippen LogP contribution >= 0.6 is 0 Å². The summed E-state index contributed by atoms with van der Waals surface area (Å²) >= 11 is 0. The third kappa shape index (κ3) is 5.10. The van der Waals surface area contributed by atoms with E-state index in [1.165, 1.54) is 12.1 Å². The number of hydrogen-bond donors (Lipinski definition) is 1. The molecule has 4 atom stereocenters. The van der Waals surface area contributed by atoms with Crippen LogP contribution in [0, 0.1) is 34.9 Å². The fourth-order valence-corrected chi connectivity index (χ4v) is 7.57. The van der Waals surface area contributed by atoms with E-state index < -0.39 is 21.2 Å². The number of halogens is 1. The number of fused-ring (bicyclic) bond motifs is 1. The molecule has 4 aliphatic rings. The van der Waals surface area contributed by atoms with Crippen molar-refractivity contribution in [2.45, 2.75) is 43.6 Å². The Kier molecular flexibility index (Phi) is 6.15. The molecule has 0 spiro atoms. The predicted molar refractivity (Wildman–Crippen MR) is 149 cm³/mol. The Morgan fingerprint density at radius 3 is 2.46 bits per heavy atom. The minimum atomic E-state index is -2.99. The molecule has 212 valence electrons. The second-order valence-electron chi connectivity index (χ2n) is 11.9. The number of nitrogens with zero attached hydrogens (tertiary/aromatic N) is 4. The van der Waals surface area contributed by atoms with Crippen LogP contribution in [0.25, 0.3) is 22.8 Å². The minimum absolute atomic E-state index is 0.112. The van der Waals surface area contributed by atoms with Gasteiger partial charge < -0.3 is 14.6 Å². The van der Waals surface area contributed by atoms with Crippen molar-refractivity contribution < 1.29 is 22.0 Å². The van der Waals surface area contributed by atoms with E-state index in [-0.39, 0.29) is 35.1 Å². The highest BCUT2D eigenvalue weighted by atomic mass is 32.2. The highest BCUT2D eigenvalue weighted by Crippen LogP contribution is 2.57. The van der Waals surface area contributed by atoms with Gasteiger partial charge >= 0.3 is 0 Å². The number of benzene rings is 1. The highest BCUT2D eigenvalue weighted by molar-refractivity contribution is 7.91. The van der Waals surface area contributed by atoms with Crippen LogP contribution in [0.5, 0.6) is 0 Å². The molecule has 0 bridgehead atoms. The van der Waals surface area contributed by atoms with E-state index in [1.54, 1.807) is 0 Å². The number of carbonyl (C=O) groups excluding carboxylic acids is 1. The van der Waals surface area contributed by atoms with Crippen LogP contribution < -0.4 is 10.2 Å². The van der Waals surface area contributed by atoms with Crippen LogP contribution in [0.1, 0.15) is 43.8 Å². The average Bonchev–Trinajstić information content (AvgIpc) is 3.88. The molecule has 3 heterocycles. The van der Waals surface area contributed by atoms with Crippen molar-refractivity contribution in [3.8, 4) is 28.9 Å². The Morgan fingerprint density at radius 2 is 1.80 bits per heavy atom. The van der Waals surface area contributed by atoms with Crippen molar-refractivity contribution in [1.82, 2.24) is 15.3 Å². The molecular weight excluding hydrogens is 545 g/mol. The van der Waals surface area contributed by atoms with Gasteiger partial charge in [0.25, 0.3) is 0 Å². The number of pyridine rings is 1. The van der Waals surface area contributed by atoms with Crippen LogP contribution in [0.15, 0.2) is 47.0 Å². The zero-order valence-electron chi connectivity index (χ0n) is 22.4. The van der Waals surface area contributed by atoms with Crippen molar-refractivity contribution in [3.05, 3.63) is 54.2 Å². The zero-order valence-corrected chi connectivity index (χ0v) is 23.2. The number of nitriles is 1. The molecule has 2 aromatic heterocycles. The third-order valence-electron chi connectivity index (χ3n) is 9.12. The summed E-state index contributed by atoms with van der Waals surface area (Å²) in [5.41, 5.74) is 1.99. The fraction of sp³-hybridized carbons (Fsp3) is 0.467. The summed E-state index contributed by atoms with van der Waals surface area (Å²) in [7, 11) is -2.99. The van der Waals surface area contributed by atoms with E-state index in [0.29, 0.717) is 54.9 Å². The molecule has 3 aliphatic carbocycles. The number of rotatable bonds is 6. The smallest absolute Gasteiger partial charge is 0.245 e. The van der Waals surface area contributed by atoms with Crippen molar-refractivity contribution in [2.75, 3.05) is 29.5 Å². The van der Waals surface area contributed by atoms with Crippen molar-refractivity contribution in [2.24, 2.45) is 17.8 Å². The minimum Gasteiger partial charge on any atom is -0.439 e. The van der Waals surface area contributed by atoms with Crippen molar-refractivity contribution in [3.63, 3.8) is 0 Å². The summed E-state index contributed by atoms with van der Waals surface area (Å²) in [6.07, 6.45) is 5.07. The van der Waals surface area contributed by atoms with Gasteiger partial charge in [-0.3, -0.25) is 4.79 Å². The predicted octanol–water partition coefficient (Wildman–Crippen LogP) is 4.08. The maximum absolute atomic E-state index is 13.6. The number of carbonyl (C=O) groups is 1. The van der Waals surface area contributed by atoms with E-state index >= 15 is 0 Å². The monoisotopic (exact) mass is 575 g/mol. The molecule has 1 aliphatic heterocycles. The molecule has 1 N–H and O–H groups in total. The average molecular weight is 576 g/mol. The van der Waals surface area contributed by atoms with E-state index in [0.717, 1.165) is 36.7 Å². The van der Waals surface area contributed by atoms with E-state index in [2.05, 4.69) is 21.3 Å². The van der Waals surface area contributed by atoms with E-state index in [9.17, 15) is 22.9 Å². The lowest BCUT2D eigenvalue weighted by atomic mass is 9.76. The zero-order chi connectivity index (χ0) is 28.4. The maximum Gasteiger partial charge on any atom is 0.245 e. The lowest BCUT2D eigenvalue weighted by molar-refractivity contribution is -0.127. The summed E-state index contributed by atoms with van der Waals surface area (Å²) in [5.74, 6) is 1.03. The SMILES string of the molecule is N#CC1(NC(=O)C2CC3CC3CC2c2oc(-c3ccc(F)cn3)nc2-c2ccc(N3CCS(=O)(=O)CC3)cc2)CC1. The standard InChI is InChI=1S/C30H30FN5O4S/c31-21-3-6-25(33-16-21)29-34-26(18-1-4-22(5-2-18)36-9-11-41(38,39)12-10-36)27(40-29)23-14-19-13-20(19)15-24(23)28(37)35-30(17-32)7-8-30/h1-6,16,19-20,23-24H,7-15H2,(H,35,37). The number of anilines is 1. The number of sulfone groups is 1. The molecule has 41 heavy (non-hydrogen) atoms. The maximum atomic E-state index is 13.6. The van der Waals surface area contributed by atoms with Gasteiger partial charge in [0.05, 0.1) is 23.8 Å². The Bertz CT molecular complexity index is 1630. The third-order valence-corrected chi connectivity index (χ3v) is 10.7. The lowest BCUT2D eigenvalue weighted by Crippen LogP contribution is -2.42. The number of hydrogen-bond acceptors (Lipinski definition) is 8. The van der Waals surface area contributed by atoms with Gasteiger partial charge in [0, 0.05) is 36.2 Å². The van der Waals surface area contributed by atoms with Crippen LogP contribution in [0.4, 0.5) is 10.1 Å². The summed E-state index contributed by atoms with van der Waals surface area (Å²) < 4.78 is 43.8. The molecule has 11 heteroatoms. The molecule has 9 nitrogen and oxygen atoms in total. The summed E-state index contributed by atoms with van der Waals surface area (Å²) in [4.78, 5) is 24.6. The van der Waals surface area contributed by atoms with Crippen molar-refractivity contribution in [1.29, 1.82) is 5.26 Å². The second kappa shape index (κ2) is 9.65. The molecule has 0 radical (unpaired) electrons. The summed E-state index contributed by atoms with van der Waals surface area (Å²) in [5, 5.41) is 12.6. The first-order valence-corrected chi connectivity index (χ1v) is 16.0. The van der Waals surface area contributed by atoms with E-state index in [1.807, 2.05) is 24.3 Å². The fourth-order valence-electron chi connectivity index (χ4n) is 6.37. The number of amides is 1.